The van der Waals surface area contributed by atoms with Crippen molar-refractivity contribution in [2.75, 3.05) is 13.7 Å². The van der Waals surface area contributed by atoms with Gasteiger partial charge in [0.2, 0.25) is 5.75 Å². The van der Waals surface area contributed by atoms with Gasteiger partial charge in [0, 0.05) is 0 Å². The lowest BCUT2D eigenvalue weighted by molar-refractivity contribution is -0.385. The zero-order chi connectivity index (χ0) is 18.2. The summed E-state index contributed by atoms with van der Waals surface area (Å²) in [6, 6.07) is 11.5. The van der Waals surface area contributed by atoms with Crippen LogP contribution in [0.1, 0.15) is 18.9 Å². The molecule has 0 aliphatic carbocycles. The molecule has 25 heavy (non-hydrogen) atoms. The summed E-state index contributed by atoms with van der Waals surface area (Å²) in [5, 5.41) is 11.1. The number of nitro groups is 1. The molecule has 0 aromatic heterocycles. The first-order valence-corrected chi connectivity index (χ1v) is 7.79. The standard InChI is InChI=1S/C18H19NO6/c1-3-24-16-7-5-4-6-13(16)8-11-18(20)25-17-10-9-14(23-2)12-15(17)19(21)22/h4-7,9-10,12H,3,8,11H2,1-2H3. The molecule has 0 aliphatic heterocycles. The van der Waals surface area contributed by atoms with Crippen LogP contribution in [0.25, 0.3) is 0 Å². The fourth-order valence-corrected chi connectivity index (χ4v) is 2.27. The Labute approximate surface area is 145 Å². The van der Waals surface area contributed by atoms with Gasteiger partial charge in [0.1, 0.15) is 11.5 Å². The summed E-state index contributed by atoms with van der Waals surface area (Å²) in [5.74, 6) is 0.374. The van der Waals surface area contributed by atoms with Crippen LogP contribution >= 0.6 is 0 Å². The van der Waals surface area contributed by atoms with Crippen molar-refractivity contribution in [3.8, 4) is 17.2 Å². The van der Waals surface area contributed by atoms with E-state index in [-0.39, 0.29) is 17.9 Å². The van der Waals surface area contributed by atoms with Crippen LogP contribution in [0.15, 0.2) is 42.5 Å². The number of carbonyl (C=O) groups excluding carboxylic acids is 1. The molecule has 0 amide bonds. The SMILES string of the molecule is CCOc1ccccc1CCC(=O)Oc1ccc(OC)cc1[N+](=O)[O-]. The van der Waals surface area contributed by atoms with Gasteiger partial charge >= 0.3 is 11.7 Å². The lowest BCUT2D eigenvalue weighted by Crippen LogP contribution is -2.11. The number of methoxy groups -OCH3 is 1. The molecule has 0 heterocycles. The molecule has 2 aromatic carbocycles. The van der Waals surface area contributed by atoms with Gasteiger partial charge in [-0.05, 0) is 37.1 Å². The van der Waals surface area contributed by atoms with Crippen molar-refractivity contribution < 1.29 is 23.9 Å². The number of rotatable bonds is 8. The third-order valence-corrected chi connectivity index (χ3v) is 3.46. The monoisotopic (exact) mass is 345 g/mol. The van der Waals surface area contributed by atoms with Gasteiger partial charge in [0.25, 0.3) is 0 Å². The highest BCUT2D eigenvalue weighted by molar-refractivity contribution is 5.74. The maximum Gasteiger partial charge on any atom is 0.315 e. The lowest BCUT2D eigenvalue weighted by Gasteiger charge is -2.10. The maximum atomic E-state index is 12.1. The van der Waals surface area contributed by atoms with E-state index < -0.39 is 10.9 Å². The van der Waals surface area contributed by atoms with Gasteiger partial charge in [-0.1, -0.05) is 18.2 Å². The molecular weight excluding hydrogens is 326 g/mol. The number of hydrogen-bond acceptors (Lipinski definition) is 6. The zero-order valence-electron chi connectivity index (χ0n) is 14.1. The fraction of sp³-hybridized carbons (Fsp3) is 0.278. The Morgan fingerprint density at radius 2 is 1.92 bits per heavy atom. The second-order valence-electron chi connectivity index (χ2n) is 5.11. The molecule has 132 valence electrons. The summed E-state index contributed by atoms with van der Waals surface area (Å²) in [6.45, 7) is 2.41. The summed E-state index contributed by atoms with van der Waals surface area (Å²) in [5.41, 5.74) is 0.563. The summed E-state index contributed by atoms with van der Waals surface area (Å²) in [6.07, 6.45) is 0.492. The molecule has 2 rings (SSSR count). The van der Waals surface area contributed by atoms with Crippen molar-refractivity contribution >= 4 is 11.7 Å². The van der Waals surface area contributed by atoms with Gasteiger partial charge in [0.05, 0.1) is 31.1 Å². The Balaban J connectivity index is 2.05. The zero-order valence-corrected chi connectivity index (χ0v) is 14.1. The van der Waals surface area contributed by atoms with Crippen molar-refractivity contribution in [2.45, 2.75) is 19.8 Å². The minimum Gasteiger partial charge on any atom is -0.496 e. The van der Waals surface area contributed by atoms with E-state index in [2.05, 4.69) is 0 Å². The van der Waals surface area contributed by atoms with Gasteiger partial charge in [-0.25, -0.2) is 0 Å². The van der Waals surface area contributed by atoms with Crippen molar-refractivity contribution in [3.63, 3.8) is 0 Å². The van der Waals surface area contributed by atoms with Crippen molar-refractivity contribution in [3.05, 3.63) is 58.1 Å². The van der Waals surface area contributed by atoms with Gasteiger partial charge in [-0.2, -0.15) is 0 Å². The van der Waals surface area contributed by atoms with Gasteiger partial charge < -0.3 is 14.2 Å². The van der Waals surface area contributed by atoms with Crippen LogP contribution in [0.3, 0.4) is 0 Å². The van der Waals surface area contributed by atoms with E-state index in [1.165, 1.54) is 25.3 Å². The highest BCUT2D eigenvalue weighted by Gasteiger charge is 2.19. The van der Waals surface area contributed by atoms with E-state index >= 15 is 0 Å². The van der Waals surface area contributed by atoms with Crippen LogP contribution in [-0.2, 0) is 11.2 Å². The van der Waals surface area contributed by atoms with Crippen LogP contribution in [0, 0.1) is 10.1 Å². The van der Waals surface area contributed by atoms with Gasteiger partial charge in [-0.3, -0.25) is 14.9 Å². The van der Waals surface area contributed by atoms with Crippen LogP contribution in [0.5, 0.6) is 17.2 Å². The molecule has 7 heteroatoms. The van der Waals surface area contributed by atoms with Crippen LogP contribution in [0.2, 0.25) is 0 Å². The molecule has 7 nitrogen and oxygen atoms in total. The number of nitro benzene ring substituents is 1. The number of carbonyl (C=O) groups is 1. The number of para-hydroxylation sites is 1. The Hall–Kier alpha value is -3.09. The van der Waals surface area contributed by atoms with E-state index in [0.717, 1.165) is 5.56 Å². The highest BCUT2D eigenvalue weighted by atomic mass is 16.6. The average Bonchev–Trinajstić information content (AvgIpc) is 2.61. The van der Waals surface area contributed by atoms with E-state index in [4.69, 9.17) is 14.2 Å². The maximum absolute atomic E-state index is 12.1. The number of aryl methyl sites for hydroxylation is 1. The molecule has 0 atom stereocenters. The molecule has 0 aliphatic rings. The molecule has 2 aromatic rings. The Morgan fingerprint density at radius 3 is 2.60 bits per heavy atom. The molecular formula is C18H19NO6. The third-order valence-electron chi connectivity index (χ3n) is 3.46. The first-order valence-electron chi connectivity index (χ1n) is 7.79. The smallest absolute Gasteiger partial charge is 0.315 e. The number of benzene rings is 2. The summed E-state index contributed by atoms with van der Waals surface area (Å²) >= 11 is 0. The summed E-state index contributed by atoms with van der Waals surface area (Å²) in [4.78, 5) is 22.6. The number of esters is 1. The van der Waals surface area contributed by atoms with Gasteiger partial charge in [-0.15, -0.1) is 0 Å². The fourth-order valence-electron chi connectivity index (χ4n) is 2.27. The van der Waals surface area contributed by atoms with Gasteiger partial charge in [0.15, 0.2) is 0 Å². The van der Waals surface area contributed by atoms with Crippen molar-refractivity contribution in [1.29, 1.82) is 0 Å². The molecule has 0 saturated heterocycles. The number of ether oxygens (including phenoxy) is 3. The van der Waals surface area contributed by atoms with E-state index in [9.17, 15) is 14.9 Å². The van der Waals surface area contributed by atoms with Crippen LogP contribution in [0.4, 0.5) is 5.69 Å². The van der Waals surface area contributed by atoms with Crippen molar-refractivity contribution in [2.24, 2.45) is 0 Å². The lowest BCUT2D eigenvalue weighted by atomic mass is 10.1. The average molecular weight is 345 g/mol. The second kappa shape index (κ2) is 8.68. The number of nitrogens with zero attached hydrogens (tertiary/aromatic N) is 1. The minimum absolute atomic E-state index is 0.0767. The first kappa shape index (κ1) is 18.3. The van der Waals surface area contributed by atoms with E-state index in [1.807, 2.05) is 31.2 Å². The Kier molecular flexibility index (Phi) is 6.33. The molecule has 0 spiro atoms. The topological polar surface area (TPSA) is 87.9 Å². The predicted molar refractivity (Wildman–Crippen MR) is 91.2 cm³/mol. The second-order valence-corrected chi connectivity index (χ2v) is 5.11. The Bertz CT molecular complexity index is 759. The predicted octanol–water partition coefficient (Wildman–Crippen LogP) is 3.54. The molecule has 0 fully saturated rings. The quantitative estimate of drug-likeness (QED) is 0.315. The van der Waals surface area contributed by atoms with E-state index in [1.54, 1.807) is 0 Å². The normalized spacial score (nSPS) is 10.2. The molecule has 0 radical (unpaired) electrons. The minimum atomic E-state index is -0.616. The molecule has 0 saturated carbocycles. The van der Waals surface area contributed by atoms with Crippen molar-refractivity contribution in [1.82, 2.24) is 0 Å². The summed E-state index contributed by atoms with van der Waals surface area (Å²) < 4.78 is 15.6. The third kappa shape index (κ3) is 4.94. The molecule has 0 N–H and O–H groups in total. The number of hydrogen-bond donors (Lipinski definition) is 0. The largest absolute Gasteiger partial charge is 0.496 e. The highest BCUT2D eigenvalue weighted by Crippen LogP contribution is 2.31. The summed E-state index contributed by atoms with van der Waals surface area (Å²) in [7, 11) is 1.40. The van der Waals surface area contributed by atoms with Crippen LogP contribution < -0.4 is 14.2 Å². The Morgan fingerprint density at radius 1 is 1.16 bits per heavy atom. The molecule has 0 bridgehead atoms. The van der Waals surface area contributed by atoms with Crippen LogP contribution in [-0.4, -0.2) is 24.6 Å². The van der Waals surface area contributed by atoms with E-state index in [0.29, 0.717) is 24.5 Å². The molecule has 0 unspecified atom stereocenters. The first-order chi connectivity index (χ1) is 12.0.